The number of halogens is 1. The highest BCUT2D eigenvalue weighted by molar-refractivity contribution is 9.10. The Labute approximate surface area is 131 Å². The lowest BCUT2D eigenvalue weighted by molar-refractivity contribution is 0.216. The minimum Gasteiger partial charge on any atom is -0.490 e. The number of oxime groups is 1. The highest BCUT2D eigenvalue weighted by atomic mass is 79.9. The number of hydrogen-bond donors (Lipinski definition) is 2. The second-order valence-electron chi connectivity index (χ2n) is 4.14. The molecule has 2 aromatic rings. The van der Waals surface area contributed by atoms with Gasteiger partial charge in [0.05, 0.1) is 4.47 Å². The molecule has 0 aliphatic carbocycles. The van der Waals surface area contributed by atoms with Crippen LogP contribution in [0.25, 0.3) is 0 Å². The predicted molar refractivity (Wildman–Crippen MR) is 84.1 cm³/mol. The van der Waals surface area contributed by atoms with Crippen molar-refractivity contribution in [3.8, 4) is 11.5 Å². The topological polar surface area (TPSA) is 77.1 Å². The van der Waals surface area contributed by atoms with Gasteiger partial charge >= 0.3 is 0 Å². The van der Waals surface area contributed by atoms with Gasteiger partial charge in [-0.2, -0.15) is 0 Å². The summed E-state index contributed by atoms with van der Waals surface area (Å²) in [4.78, 5) is 0. The van der Waals surface area contributed by atoms with E-state index in [2.05, 4.69) is 21.1 Å². The number of hydrogen-bond acceptors (Lipinski definition) is 4. The van der Waals surface area contributed by atoms with Crippen molar-refractivity contribution in [3.63, 3.8) is 0 Å². The van der Waals surface area contributed by atoms with Crippen molar-refractivity contribution >= 4 is 21.8 Å². The van der Waals surface area contributed by atoms with E-state index in [0.29, 0.717) is 24.5 Å². The lowest BCUT2D eigenvalue weighted by atomic mass is 10.2. The zero-order valence-corrected chi connectivity index (χ0v) is 12.8. The van der Waals surface area contributed by atoms with E-state index in [-0.39, 0.29) is 5.84 Å². The minimum absolute atomic E-state index is 0.0683. The van der Waals surface area contributed by atoms with Crippen LogP contribution in [0.2, 0.25) is 0 Å². The van der Waals surface area contributed by atoms with Gasteiger partial charge in [0.1, 0.15) is 24.7 Å². The smallest absolute Gasteiger partial charge is 0.170 e. The summed E-state index contributed by atoms with van der Waals surface area (Å²) in [6, 6.07) is 14.6. The van der Waals surface area contributed by atoms with E-state index in [0.717, 1.165) is 10.2 Å². The van der Waals surface area contributed by atoms with Crippen LogP contribution in [-0.4, -0.2) is 24.3 Å². The first-order valence-electron chi connectivity index (χ1n) is 6.29. The number of benzene rings is 2. The van der Waals surface area contributed by atoms with Gasteiger partial charge < -0.3 is 20.4 Å². The second kappa shape index (κ2) is 7.54. The maximum absolute atomic E-state index is 8.57. The molecule has 3 N–H and O–H groups in total. The van der Waals surface area contributed by atoms with Crippen molar-refractivity contribution in [2.24, 2.45) is 10.9 Å². The summed E-state index contributed by atoms with van der Waals surface area (Å²) in [5.41, 5.74) is 6.11. The Morgan fingerprint density at radius 1 is 1.05 bits per heavy atom. The average Bonchev–Trinajstić information content (AvgIpc) is 2.53. The van der Waals surface area contributed by atoms with E-state index in [1.807, 2.05) is 24.3 Å². The second-order valence-corrected chi connectivity index (χ2v) is 4.99. The molecule has 0 saturated heterocycles. The van der Waals surface area contributed by atoms with Crippen molar-refractivity contribution in [3.05, 3.63) is 58.6 Å². The molecule has 0 fully saturated rings. The minimum atomic E-state index is 0.0683. The summed E-state index contributed by atoms with van der Waals surface area (Å²) in [7, 11) is 0. The van der Waals surface area contributed by atoms with E-state index in [1.54, 1.807) is 24.3 Å². The molecular weight excluding hydrogens is 336 g/mol. The first-order chi connectivity index (χ1) is 10.2. The van der Waals surface area contributed by atoms with Gasteiger partial charge in [-0.15, -0.1) is 0 Å². The van der Waals surface area contributed by atoms with Crippen LogP contribution < -0.4 is 15.2 Å². The first kappa shape index (κ1) is 15.2. The van der Waals surface area contributed by atoms with Crippen LogP contribution in [0.1, 0.15) is 5.56 Å². The number of rotatable bonds is 6. The summed E-state index contributed by atoms with van der Waals surface area (Å²) < 4.78 is 12.1. The molecule has 0 bridgehead atoms. The lowest BCUT2D eigenvalue weighted by Crippen LogP contribution is -2.13. The number of amidine groups is 1. The highest BCUT2D eigenvalue weighted by Crippen LogP contribution is 2.23. The van der Waals surface area contributed by atoms with Crippen LogP contribution >= 0.6 is 15.9 Å². The maximum atomic E-state index is 8.57. The fourth-order valence-electron chi connectivity index (χ4n) is 1.65. The lowest BCUT2D eigenvalue weighted by Gasteiger charge is -2.09. The molecule has 0 aromatic heterocycles. The third-order valence-corrected chi connectivity index (χ3v) is 3.36. The molecule has 0 saturated carbocycles. The third kappa shape index (κ3) is 4.39. The van der Waals surface area contributed by atoms with Crippen LogP contribution in [0.15, 0.2) is 58.2 Å². The van der Waals surface area contributed by atoms with Crippen molar-refractivity contribution in [1.82, 2.24) is 0 Å². The molecule has 0 aliphatic rings. The van der Waals surface area contributed by atoms with Gasteiger partial charge in [-0.3, -0.25) is 0 Å². The summed E-state index contributed by atoms with van der Waals surface area (Å²) in [5, 5.41) is 11.5. The molecule has 0 atom stereocenters. The Kier molecular flexibility index (Phi) is 5.45. The Morgan fingerprint density at radius 3 is 2.38 bits per heavy atom. The average molecular weight is 351 g/mol. The molecule has 6 heteroatoms. The van der Waals surface area contributed by atoms with Crippen molar-refractivity contribution in [1.29, 1.82) is 0 Å². The largest absolute Gasteiger partial charge is 0.490 e. The molecule has 0 heterocycles. The highest BCUT2D eigenvalue weighted by Gasteiger charge is 2.01. The molecule has 0 radical (unpaired) electrons. The van der Waals surface area contributed by atoms with E-state index in [9.17, 15) is 0 Å². The Hall–Kier alpha value is -2.21. The third-order valence-electron chi connectivity index (χ3n) is 2.70. The number of nitrogens with zero attached hydrogens (tertiary/aromatic N) is 1. The number of ether oxygens (including phenoxy) is 2. The molecule has 2 aromatic carbocycles. The van der Waals surface area contributed by atoms with Crippen LogP contribution in [0.4, 0.5) is 0 Å². The predicted octanol–water partition coefficient (Wildman–Crippen LogP) is 3.00. The fourth-order valence-corrected chi connectivity index (χ4v) is 2.05. The Balaban J connectivity index is 1.80. The maximum Gasteiger partial charge on any atom is 0.170 e. The van der Waals surface area contributed by atoms with Crippen molar-refractivity contribution < 1.29 is 14.7 Å². The van der Waals surface area contributed by atoms with Gasteiger partial charge in [0.15, 0.2) is 5.84 Å². The van der Waals surface area contributed by atoms with Gasteiger partial charge in [-0.05, 0) is 52.3 Å². The van der Waals surface area contributed by atoms with Gasteiger partial charge in [-0.25, -0.2) is 0 Å². The van der Waals surface area contributed by atoms with E-state index in [1.165, 1.54) is 0 Å². The molecule has 0 aliphatic heterocycles. The van der Waals surface area contributed by atoms with Gasteiger partial charge in [0.2, 0.25) is 0 Å². The SMILES string of the molecule is NC(=NO)c1ccc(OCCOc2ccccc2Br)cc1. The molecule has 110 valence electrons. The number of nitrogens with two attached hydrogens (primary N) is 1. The van der Waals surface area contributed by atoms with E-state index < -0.39 is 0 Å². The zero-order chi connectivity index (χ0) is 15.1. The molecule has 2 rings (SSSR count). The zero-order valence-electron chi connectivity index (χ0n) is 11.2. The summed E-state index contributed by atoms with van der Waals surface area (Å²) in [6.07, 6.45) is 0. The van der Waals surface area contributed by atoms with Crippen LogP contribution in [-0.2, 0) is 0 Å². The molecule has 0 amide bonds. The fraction of sp³-hybridized carbons (Fsp3) is 0.133. The Morgan fingerprint density at radius 2 is 1.71 bits per heavy atom. The standard InChI is InChI=1S/C15H15BrN2O3/c16-13-3-1-2-4-14(13)21-10-9-20-12-7-5-11(6-8-12)15(17)18-19/h1-8,19H,9-10H2,(H2,17,18). The summed E-state index contributed by atoms with van der Waals surface area (Å²) in [6.45, 7) is 0.856. The van der Waals surface area contributed by atoms with Gasteiger partial charge in [-0.1, -0.05) is 17.3 Å². The normalized spacial score (nSPS) is 11.2. The van der Waals surface area contributed by atoms with E-state index in [4.69, 9.17) is 20.4 Å². The monoisotopic (exact) mass is 350 g/mol. The quantitative estimate of drug-likeness (QED) is 0.276. The van der Waals surface area contributed by atoms with Crippen LogP contribution in [0.5, 0.6) is 11.5 Å². The summed E-state index contributed by atoms with van der Waals surface area (Å²) >= 11 is 3.41. The van der Waals surface area contributed by atoms with Gasteiger partial charge in [0, 0.05) is 5.56 Å². The Bertz CT molecular complexity index is 615. The van der Waals surface area contributed by atoms with Crippen LogP contribution in [0, 0.1) is 0 Å². The number of para-hydroxylation sites is 1. The van der Waals surface area contributed by atoms with Gasteiger partial charge in [0.25, 0.3) is 0 Å². The van der Waals surface area contributed by atoms with Crippen molar-refractivity contribution in [2.45, 2.75) is 0 Å². The molecule has 5 nitrogen and oxygen atoms in total. The van der Waals surface area contributed by atoms with Crippen LogP contribution in [0.3, 0.4) is 0 Å². The summed E-state index contributed by atoms with van der Waals surface area (Å²) in [5.74, 6) is 1.54. The first-order valence-corrected chi connectivity index (χ1v) is 7.08. The molecule has 21 heavy (non-hydrogen) atoms. The van der Waals surface area contributed by atoms with E-state index >= 15 is 0 Å². The molecule has 0 spiro atoms. The molecule has 0 unspecified atom stereocenters. The van der Waals surface area contributed by atoms with Crippen molar-refractivity contribution in [2.75, 3.05) is 13.2 Å². The molecular formula is C15H15BrN2O3.